The van der Waals surface area contributed by atoms with E-state index in [1.165, 1.54) is 0 Å². The molecule has 1 unspecified atom stereocenters. The molecule has 0 saturated heterocycles. The second-order valence-corrected chi connectivity index (χ2v) is 2.89. The lowest BCUT2D eigenvalue weighted by atomic mass is 10.1. The van der Waals surface area contributed by atoms with Crippen molar-refractivity contribution in [3.63, 3.8) is 0 Å². The number of carboxylic acid groups (broad SMARTS) is 1. The summed E-state index contributed by atoms with van der Waals surface area (Å²) in [4.78, 5) is 8.90. The Morgan fingerprint density at radius 2 is 1.62 bits per heavy atom. The lowest BCUT2D eigenvalue weighted by Gasteiger charge is -2.00. The summed E-state index contributed by atoms with van der Waals surface area (Å²) in [5.41, 5.74) is 0.970. The lowest BCUT2D eigenvalue weighted by molar-refractivity contribution is -0.192. The van der Waals surface area contributed by atoms with Gasteiger partial charge in [-0.25, -0.2) is 4.79 Å². The van der Waals surface area contributed by atoms with Gasteiger partial charge >= 0.3 is 12.1 Å². The van der Waals surface area contributed by atoms with Gasteiger partial charge < -0.3 is 10.2 Å². The van der Waals surface area contributed by atoms with Crippen molar-refractivity contribution in [1.29, 1.82) is 0 Å². The Balaban J connectivity index is 0.000000293. The van der Waals surface area contributed by atoms with Crippen molar-refractivity contribution in [3.8, 4) is 0 Å². The highest BCUT2D eigenvalue weighted by molar-refractivity contribution is 5.73. The summed E-state index contributed by atoms with van der Waals surface area (Å²) < 4.78 is 31.7. The van der Waals surface area contributed by atoms with Crippen LogP contribution in [-0.4, -0.2) is 22.4 Å². The van der Waals surface area contributed by atoms with Gasteiger partial charge in [0.25, 0.3) is 0 Å². The average molecular weight is 236 g/mol. The fourth-order valence-corrected chi connectivity index (χ4v) is 0.732. The minimum absolute atomic E-state index is 0.341. The highest BCUT2D eigenvalue weighted by atomic mass is 19.4. The SMILES string of the molecule is CC(O)c1ccccc1.O=C(O)C(F)(F)F. The number of hydrogen-bond donors (Lipinski definition) is 2. The van der Waals surface area contributed by atoms with Crippen LogP contribution in [0.3, 0.4) is 0 Å². The number of aliphatic carboxylic acids is 1. The van der Waals surface area contributed by atoms with Crippen molar-refractivity contribution < 1.29 is 28.2 Å². The van der Waals surface area contributed by atoms with Crippen LogP contribution < -0.4 is 0 Å². The highest BCUT2D eigenvalue weighted by Crippen LogP contribution is 2.13. The van der Waals surface area contributed by atoms with E-state index in [2.05, 4.69) is 0 Å². The van der Waals surface area contributed by atoms with Crippen LogP contribution in [0.15, 0.2) is 30.3 Å². The molecule has 3 nitrogen and oxygen atoms in total. The molecule has 0 amide bonds. The number of carbonyl (C=O) groups is 1. The van der Waals surface area contributed by atoms with Crippen LogP contribution in [0.25, 0.3) is 0 Å². The Kier molecular flexibility index (Phi) is 5.52. The van der Waals surface area contributed by atoms with Crippen LogP contribution in [0.1, 0.15) is 18.6 Å². The number of halogens is 3. The maximum absolute atomic E-state index is 10.6. The third-order valence-electron chi connectivity index (χ3n) is 1.52. The van der Waals surface area contributed by atoms with Crippen molar-refractivity contribution >= 4 is 5.97 Å². The third-order valence-corrected chi connectivity index (χ3v) is 1.52. The van der Waals surface area contributed by atoms with E-state index in [0.29, 0.717) is 0 Å². The predicted molar refractivity (Wildman–Crippen MR) is 50.8 cm³/mol. The molecule has 0 aliphatic carbocycles. The van der Waals surface area contributed by atoms with Crippen molar-refractivity contribution in [2.24, 2.45) is 0 Å². The van der Waals surface area contributed by atoms with Crippen LogP contribution in [-0.2, 0) is 4.79 Å². The van der Waals surface area contributed by atoms with Crippen LogP contribution in [0.2, 0.25) is 0 Å². The molecule has 0 spiro atoms. The summed E-state index contributed by atoms with van der Waals surface area (Å²) in [6.45, 7) is 1.76. The van der Waals surface area contributed by atoms with Crippen molar-refractivity contribution in [3.05, 3.63) is 35.9 Å². The van der Waals surface area contributed by atoms with Gasteiger partial charge in [-0.3, -0.25) is 0 Å². The summed E-state index contributed by atoms with van der Waals surface area (Å²) in [6, 6.07) is 9.59. The molecule has 0 aliphatic rings. The van der Waals surface area contributed by atoms with Crippen LogP contribution in [0, 0.1) is 0 Å². The van der Waals surface area contributed by atoms with Gasteiger partial charge in [-0.15, -0.1) is 0 Å². The average Bonchev–Trinajstić information content (AvgIpc) is 2.18. The minimum atomic E-state index is -5.08. The maximum atomic E-state index is 10.6. The summed E-state index contributed by atoms with van der Waals surface area (Å²) in [7, 11) is 0. The first-order chi connectivity index (χ1) is 7.25. The molecular formula is C10H11F3O3. The van der Waals surface area contributed by atoms with Crippen LogP contribution in [0.4, 0.5) is 13.2 Å². The number of hydrogen-bond acceptors (Lipinski definition) is 2. The van der Waals surface area contributed by atoms with E-state index in [1.54, 1.807) is 6.92 Å². The van der Waals surface area contributed by atoms with Crippen molar-refractivity contribution in [2.75, 3.05) is 0 Å². The fourth-order valence-electron chi connectivity index (χ4n) is 0.732. The molecule has 1 aromatic rings. The zero-order chi connectivity index (χ0) is 12.8. The first kappa shape index (κ1) is 14.4. The Labute approximate surface area is 90.1 Å². The van der Waals surface area contributed by atoms with Gasteiger partial charge in [0.15, 0.2) is 0 Å². The summed E-state index contributed by atoms with van der Waals surface area (Å²) in [5, 5.41) is 16.1. The lowest BCUT2D eigenvalue weighted by Crippen LogP contribution is -2.21. The zero-order valence-corrected chi connectivity index (χ0v) is 8.40. The number of alkyl halides is 3. The molecule has 0 radical (unpaired) electrons. The van der Waals surface area contributed by atoms with E-state index >= 15 is 0 Å². The Bertz CT molecular complexity index is 320. The van der Waals surface area contributed by atoms with Gasteiger partial charge in [0.2, 0.25) is 0 Å². The Hall–Kier alpha value is -1.56. The molecule has 6 heteroatoms. The number of aliphatic hydroxyl groups is 1. The fraction of sp³-hybridized carbons (Fsp3) is 0.300. The Morgan fingerprint density at radius 1 is 1.25 bits per heavy atom. The summed E-state index contributed by atoms with van der Waals surface area (Å²) in [5.74, 6) is -2.76. The first-order valence-corrected chi connectivity index (χ1v) is 4.28. The number of rotatable bonds is 1. The molecule has 1 rings (SSSR count). The van der Waals surface area contributed by atoms with Gasteiger partial charge in [-0.1, -0.05) is 30.3 Å². The van der Waals surface area contributed by atoms with Gasteiger partial charge in [0.05, 0.1) is 6.10 Å². The Morgan fingerprint density at radius 3 is 1.81 bits per heavy atom. The summed E-state index contributed by atoms with van der Waals surface area (Å²) >= 11 is 0. The van der Waals surface area contributed by atoms with Crippen LogP contribution >= 0.6 is 0 Å². The molecule has 16 heavy (non-hydrogen) atoms. The zero-order valence-electron chi connectivity index (χ0n) is 8.40. The normalized spacial score (nSPS) is 12.3. The predicted octanol–water partition coefficient (Wildman–Crippen LogP) is 2.37. The molecule has 0 saturated carbocycles. The number of aliphatic hydroxyl groups excluding tert-OH is 1. The van der Waals surface area contributed by atoms with E-state index in [1.807, 2.05) is 30.3 Å². The molecule has 1 aromatic carbocycles. The number of carboxylic acids is 1. The monoisotopic (exact) mass is 236 g/mol. The third kappa shape index (κ3) is 6.02. The van der Waals surface area contributed by atoms with Gasteiger partial charge in [0, 0.05) is 0 Å². The number of benzene rings is 1. The minimum Gasteiger partial charge on any atom is -0.475 e. The molecule has 0 bridgehead atoms. The molecule has 90 valence electrons. The van der Waals surface area contributed by atoms with Gasteiger partial charge in [0.1, 0.15) is 0 Å². The van der Waals surface area contributed by atoms with E-state index < -0.39 is 12.1 Å². The first-order valence-electron chi connectivity index (χ1n) is 4.28. The maximum Gasteiger partial charge on any atom is 0.490 e. The largest absolute Gasteiger partial charge is 0.490 e. The van der Waals surface area contributed by atoms with Gasteiger partial charge in [-0.2, -0.15) is 13.2 Å². The molecular weight excluding hydrogens is 225 g/mol. The van der Waals surface area contributed by atoms with Crippen molar-refractivity contribution in [2.45, 2.75) is 19.2 Å². The molecule has 2 N–H and O–H groups in total. The molecule has 0 aromatic heterocycles. The van der Waals surface area contributed by atoms with E-state index in [0.717, 1.165) is 5.56 Å². The second-order valence-electron chi connectivity index (χ2n) is 2.89. The summed E-state index contributed by atoms with van der Waals surface area (Å²) in [6.07, 6.45) is -5.42. The molecule has 1 atom stereocenters. The van der Waals surface area contributed by atoms with E-state index in [4.69, 9.17) is 15.0 Å². The van der Waals surface area contributed by atoms with Gasteiger partial charge in [-0.05, 0) is 12.5 Å². The van der Waals surface area contributed by atoms with Crippen LogP contribution in [0.5, 0.6) is 0 Å². The molecule has 0 fully saturated rings. The van der Waals surface area contributed by atoms with E-state index in [9.17, 15) is 13.2 Å². The van der Waals surface area contributed by atoms with Crippen molar-refractivity contribution in [1.82, 2.24) is 0 Å². The quantitative estimate of drug-likeness (QED) is 0.787. The highest BCUT2D eigenvalue weighted by Gasteiger charge is 2.38. The standard InChI is InChI=1S/C8H10O.C2HF3O2/c1-7(9)8-5-3-2-4-6-8;3-2(4,5)1(6)7/h2-7,9H,1H3;(H,6,7). The second kappa shape index (κ2) is 6.12. The smallest absolute Gasteiger partial charge is 0.475 e. The van der Waals surface area contributed by atoms with E-state index in [-0.39, 0.29) is 6.10 Å². The molecule has 0 aliphatic heterocycles. The topological polar surface area (TPSA) is 57.5 Å². The molecule has 0 heterocycles.